The molecule has 0 saturated heterocycles. The van der Waals surface area contributed by atoms with Crippen molar-refractivity contribution >= 4 is 30.1 Å². The van der Waals surface area contributed by atoms with E-state index in [0.29, 0.717) is 16.5 Å². The van der Waals surface area contributed by atoms with Crippen molar-refractivity contribution in [2.45, 2.75) is 51.0 Å². The summed E-state index contributed by atoms with van der Waals surface area (Å²) < 4.78 is 0. The van der Waals surface area contributed by atoms with Crippen LogP contribution in [-0.2, 0) is 0 Å². The molecule has 4 heteroatoms. The molecule has 0 radical (unpaired) electrons. The summed E-state index contributed by atoms with van der Waals surface area (Å²) in [5.74, 6) is 0.627. The molecular weight excluding hydrogens is 302 g/mol. The van der Waals surface area contributed by atoms with E-state index >= 15 is 0 Å². The molecule has 114 valence electrons. The smallest absolute Gasteiger partial charge is 0.253 e. The van der Waals surface area contributed by atoms with Crippen LogP contribution in [0.3, 0.4) is 0 Å². The zero-order chi connectivity index (χ0) is 15.4. The molecule has 2 nitrogen and oxygen atoms in total. The van der Waals surface area contributed by atoms with Crippen LogP contribution < -0.4 is 5.32 Å². The third kappa shape index (κ3) is 2.39. The van der Waals surface area contributed by atoms with Gasteiger partial charge in [0, 0.05) is 10.9 Å². The minimum absolute atomic E-state index is 0.0808. The standard InChI is InChI=1S/C17H22ClNOS/c1-16(2)10-6-7-17(3,9-10)15(16)19-14(20)12-8-11(21)4-5-13(12)18/h4-5,8,10,15,21H,6-7,9H2,1-3H3,(H,19,20). The number of thiol groups is 1. The lowest BCUT2D eigenvalue weighted by molar-refractivity contribution is 0.0737. The summed E-state index contributed by atoms with van der Waals surface area (Å²) in [5, 5.41) is 3.75. The molecule has 2 bridgehead atoms. The summed E-state index contributed by atoms with van der Waals surface area (Å²) in [5.41, 5.74) is 0.883. The number of rotatable bonds is 2. The Balaban J connectivity index is 1.86. The Kier molecular flexibility index (Phi) is 3.57. The quantitative estimate of drug-likeness (QED) is 0.767. The molecule has 2 aliphatic carbocycles. The molecule has 2 saturated carbocycles. The van der Waals surface area contributed by atoms with E-state index in [1.54, 1.807) is 18.2 Å². The number of carbonyl (C=O) groups excluding carboxylic acids is 1. The van der Waals surface area contributed by atoms with Gasteiger partial charge in [-0.3, -0.25) is 4.79 Å². The second kappa shape index (κ2) is 4.92. The molecule has 1 N–H and O–H groups in total. The maximum absolute atomic E-state index is 12.7. The van der Waals surface area contributed by atoms with Crippen LogP contribution in [-0.4, -0.2) is 11.9 Å². The molecule has 3 rings (SSSR count). The Bertz CT molecular complexity index is 596. The maximum atomic E-state index is 12.7. The molecule has 0 aromatic heterocycles. The lowest BCUT2D eigenvalue weighted by atomic mass is 9.68. The van der Waals surface area contributed by atoms with Crippen molar-refractivity contribution in [2.75, 3.05) is 0 Å². The van der Waals surface area contributed by atoms with Gasteiger partial charge in [-0.25, -0.2) is 0 Å². The van der Waals surface area contributed by atoms with E-state index in [1.165, 1.54) is 19.3 Å². The highest BCUT2D eigenvalue weighted by molar-refractivity contribution is 7.80. The van der Waals surface area contributed by atoms with Crippen molar-refractivity contribution in [2.24, 2.45) is 16.7 Å². The Morgan fingerprint density at radius 1 is 1.38 bits per heavy atom. The van der Waals surface area contributed by atoms with Gasteiger partial charge in [0.15, 0.2) is 0 Å². The van der Waals surface area contributed by atoms with Crippen molar-refractivity contribution < 1.29 is 4.79 Å². The Morgan fingerprint density at radius 3 is 2.71 bits per heavy atom. The molecule has 2 fully saturated rings. The van der Waals surface area contributed by atoms with Gasteiger partial charge in [0.05, 0.1) is 10.6 Å². The summed E-state index contributed by atoms with van der Waals surface area (Å²) >= 11 is 10.5. The van der Waals surface area contributed by atoms with Gasteiger partial charge in [0.25, 0.3) is 5.91 Å². The van der Waals surface area contributed by atoms with Crippen LogP contribution in [0, 0.1) is 16.7 Å². The van der Waals surface area contributed by atoms with Gasteiger partial charge in [0.1, 0.15) is 0 Å². The first-order valence-electron chi connectivity index (χ1n) is 7.53. The van der Waals surface area contributed by atoms with Crippen molar-refractivity contribution in [3.8, 4) is 0 Å². The topological polar surface area (TPSA) is 29.1 Å². The minimum Gasteiger partial charge on any atom is -0.348 e. The van der Waals surface area contributed by atoms with E-state index < -0.39 is 0 Å². The fraction of sp³-hybridized carbons (Fsp3) is 0.588. The third-order valence-corrected chi connectivity index (χ3v) is 6.35. The SMILES string of the molecule is CC12CCC(C1)C(C)(C)C2NC(=O)c1cc(S)ccc1Cl. The first-order chi connectivity index (χ1) is 9.74. The molecule has 1 amide bonds. The summed E-state index contributed by atoms with van der Waals surface area (Å²) in [4.78, 5) is 13.4. The largest absolute Gasteiger partial charge is 0.348 e. The molecular formula is C17H22ClNOS. The van der Waals surface area contributed by atoms with Gasteiger partial charge in [-0.15, -0.1) is 12.6 Å². The number of carbonyl (C=O) groups is 1. The van der Waals surface area contributed by atoms with Crippen molar-refractivity contribution in [3.05, 3.63) is 28.8 Å². The monoisotopic (exact) mass is 323 g/mol. The van der Waals surface area contributed by atoms with Crippen LogP contribution in [0.25, 0.3) is 0 Å². The fourth-order valence-electron chi connectivity index (χ4n) is 4.56. The molecule has 0 heterocycles. The van der Waals surface area contributed by atoms with Crippen molar-refractivity contribution in [1.29, 1.82) is 0 Å². The molecule has 1 aromatic rings. The molecule has 3 unspecified atom stereocenters. The first kappa shape index (κ1) is 15.2. The van der Waals surface area contributed by atoms with E-state index in [0.717, 1.165) is 4.90 Å². The molecule has 0 aliphatic heterocycles. The van der Waals surface area contributed by atoms with Crippen LogP contribution in [0.15, 0.2) is 23.1 Å². The van der Waals surface area contributed by atoms with Crippen LogP contribution >= 0.6 is 24.2 Å². The summed E-state index contributed by atoms with van der Waals surface area (Å²) in [6, 6.07) is 5.47. The molecule has 0 spiro atoms. The predicted molar refractivity (Wildman–Crippen MR) is 89.2 cm³/mol. The summed E-state index contributed by atoms with van der Waals surface area (Å²) in [6.45, 7) is 6.87. The Morgan fingerprint density at radius 2 is 2.10 bits per heavy atom. The van der Waals surface area contributed by atoms with Crippen LogP contribution in [0.1, 0.15) is 50.4 Å². The second-order valence-corrected chi connectivity index (χ2v) is 8.41. The Labute approximate surface area is 137 Å². The maximum Gasteiger partial charge on any atom is 0.253 e. The molecule has 2 aliphatic rings. The highest BCUT2D eigenvalue weighted by atomic mass is 35.5. The number of halogens is 1. The zero-order valence-corrected chi connectivity index (χ0v) is 14.4. The molecule has 3 atom stereocenters. The van der Waals surface area contributed by atoms with Gasteiger partial charge in [0.2, 0.25) is 0 Å². The van der Waals surface area contributed by atoms with Crippen LogP contribution in [0.5, 0.6) is 0 Å². The van der Waals surface area contributed by atoms with E-state index in [2.05, 4.69) is 38.7 Å². The number of hydrogen-bond donors (Lipinski definition) is 2. The van der Waals surface area contributed by atoms with Gasteiger partial charge < -0.3 is 5.32 Å². The lowest BCUT2D eigenvalue weighted by Gasteiger charge is -2.43. The van der Waals surface area contributed by atoms with E-state index in [4.69, 9.17) is 11.6 Å². The number of hydrogen-bond acceptors (Lipinski definition) is 2. The summed E-state index contributed by atoms with van der Waals surface area (Å²) in [7, 11) is 0. The van der Waals surface area contributed by atoms with E-state index in [1.807, 2.05) is 0 Å². The highest BCUT2D eigenvalue weighted by Crippen LogP contribution is 2.62. The van der Waals surface area contributed by atoms with Gasteiger partial charge in [-0.2, -0.15) is 0 Å². The molecule has 1 aromatic carbocycles. The van der Waals surface area contributed by atoms with Crippen LogP contribution in [0.4, 0.5) is 0 Å². The number of nitrogens with one attached hydrogen (secondary N) is 1. The van der Waals surface area contributed by atoms with Gasteiger partial charge in [-0.05, 0) is 54.2 Å². The fourth-order valence-corrected chi connectivity index (χ4v) is 4.97. The third-order valence-electron chi connectivity index (χ3n) is 5.74. The number of benzene rings is 1. The summed E-state index contributed by atoms with van der Waals surface area (Å²) in [6.07, 6.45) is 3.69. The van der Waals surface area contributed by atoms with Gasteiger partial charge in [-0.1, -0.05) is 32.4 Å². The van der Waals surface area contributed by atoms with E-state index in [9.17, 15) is 4.79 Å². The zero-order valence-electron chi connectivity index (χ0n) is 12.7. The average Bonchev–Trinajstić information content (AvgIpc) is 2.88. The van der Waals surface area contributed by atoms with Gasteiger partial charge >= 0.3 is 0 Å². The first-order valence-corrected chi connectivity index (χ1v) is 8.36. The predicted octanol–water partition coefficient (Wildman–Crippen LogP) is 4.57. The Hall–Kier alpha value is -0.670. The van der Waals surface area contributed by atoms with Crippen molar-refractivity contribution in [3.63, 3.8) is 0 Å². The average molecular weight is 324 g/mol. The highest BCUT2D eigenvalue weighted by Gasteiger charge is 2.59. The number of fused-ring (bicyclic) bond motifs is 2. The van der Waals surface area contributed by atoms with Crippen LogP contribution in [0.2, 0.25) is 5.02 Å². The molecule has 21 heavy (non-hydrogen) atoms. The minimum atomic E-state index is -0.0808. The second-order valence-electron chi connectivity index (χ2n) is 7.49. The van der Waals surface area contributed by atoms with E-state index in [-0.39, 0.29) is 22.8 Å². The lowest BCUT2D eigenvalue weighted by Crippen LogP contribution is -2.52. The van der Waals surface area contributed by atoms with Crippen molar-refractivity contribution in [1.82, 2.24) is 5.32 Å². The number of amides is 1. The normalized spacial score (nSPS) is 33.2.